The summed E-state index contributed by atoms with van der Waals surface area (Å²) in [6.45, 7) is 0. The van der Waals surface area contributed by atoms with E-state index in [0.29, 0.717) is 10.0 Å². The van der Waals surface area contributed by atoms with Gasteiger partial charge in [-0.05, 0) is 42.7 Å². The Morgan fingerprint density at radius 1 is 1.09 bits per heavy atom. The summed E-state index contributed by atoms with van der Waals surface area (Å²) in [4.78, 5) is 12.3. The van der Waals surface area contributed by atoms with Crippen LogP contribution in [0.2, 0.25) is 15.1 Å². The largest absolute Gasteiger partial charge is 0.349 e. The molecule has 1 aliphatic rings. The fourth-order valence-corrected chi connectivity index (χ4v) is 3.60. The van der Waals surface area contributed by atoms with E-state index in [1.165, 1.54) is 18.2 Å². The molecule has 0 bridgehead atoms. The molecule has 120 valence electrons. The number of carbonyl (C=O) groups excluding carboxylic acids is 1. The summed E-state index contributed by atoms with van der Waals surface area (Å²) in [5.74, 6) is -1.04. The van der Waals surface area contributed by atoms with Gasteiger partial charge in [-0.15, -0.1) is 0 Å². The first-order valence-electron chi connectivity index (χ1n) is 7.17. The van der Waals surface area contributed by atoms with Crippen LogP contribution in [0.15, 0.2) is 36.4 Å². The first-order valence-corrected chi connectivity index (χ1v) is 8.30. The van der Waals surface area contributed by atoms with Crippen LogP contribution in [-0.2, 0) is 0 Å². The molecule has 0 aliphatic heterocycles. The van der Waals surface area contributed by atoms with Crippen molar-refractivity contribution in [2.24, 2.45) is 0 Å². The Hall–Kier alpha value is -1.29. The minimum atomic E-state index is -0.629. The molecule has 6 heteroatoms. The normalized spacial score (nSPS) is 20.0. The molecular weight excluding hydrogens is 360 g/mol. The van der Waals surface area contributed by atoms with Gasteiger partial charge in [0.1, 0.15) is 5.82 Å². The second-order valence-corrected chi connectivity index (χ2v) is 6.78. The van der Waals surface area contributed by atoms with Crippen LogP contribution in [0, 0.1) is 5.82 Å². The number of halogens is 4. The van der Waals surface area contributed by atoms with Crippen molar-refractivity contribution in [2.45, 2.75) is 24.8 Å². The van der Waals surface area contributed by atoms with Gasteiger partial charge >= 0.3 is 0 Å². The van der Waals surface area contributed by atoms with Crippen LogP contribution < -0.4 is 5.32 Å². The summed E-state index contributed by atoms with van der Waals surface area (Å²) in [6.07, 6.45) is 1.71. The van der Waals surface area contributed by atoms with E-state index in [-0.39, 0.29) is 22.5 Å². The van der Waals surface area contributed by atoms with Crippen molar-refractivity contribution < 1.29 is 9.18 Å². The zero-order valence-corrected chi connectivity index (χ0v) is 14.2. The number of rotatable bonds is 3. The maximum absolute atomic E-state index is 13.8. The lowest BCUT2D eigenvalue weighted by molar-refractivity contribution is 0.0901. The molecule has 1 saturated carbocycles. The third-order valence-electron chi connectivity index (χ3n) is 4.14. The summed E-state index contributed by atoms with van der Waals surface area (Å²) < 4.78 is 13.8. The molecular formula is C17H13Cl3FNO. The van der Waals surface area contributed by atoms with Crippen molar-refractivity contribution in [1.82, 2.24) is 5.32 Å². The second-order valence-electron chi connectivity index (χ2n) is 5.53. The monoisotopic (exact) mass is 371 g/mol. The van der Waals surface area contributed by atoms with Gasteiger partial charge in [0.05, 0.1) is 10.6 Å². The van der Waals surface area contributed by atoms with Crippen molar-refractivity contribution in [3.05, 3.63) is 68.4 Å². The van der Waals surface area contributed by atoms with Crippen molar-refractivity contribution in [2.75, 3.05) is 0 Å². The van der Waals surface area contributed by atoms with E-state index in [4.69, 9.17) is 34.8 Å². The molecule has 0 heterocycles. The standard InChI is InChI=1S/C17H13Cl3FNO/c18-9-4-5-10(13(20)8-9)11-6-7-15(11)22-17(23)16-12(19)2-1-3-14(16)21/h1-5,8,11,15H,6-7H2,(H,22,23). The predicted molar refractivity (Wildman–Crippen MR) is 91.1 cm³/mol. The fourth-order valence-electron chi connectivity index (χ4n) is 2.80. The van der Waals surface area contributed by atoms with Gasteiger partial charge in [0.15, 0.2) is 0 Å². The Balaban J connectivity index is 1.77. The maximum atomic E-state index is 13.8. The first-order chi connectivity index (χ1) is 11.0. The molecule has 0 spiro atoms. The molecule has 0 saturated heterocycles. The lowest BCUT2D eigenvalue weighted by Gasteiger charge is -2.38. The molecule has 2 aromatic carbocycles. The van der Waals surface area contributed by atoms with Gasteiger partial charge in [-0.1, -0.05) is 46.9 Å². The summed E-state index contributed by atoms with van der Waals surface area (Å²) in [5, 5.41) is 4.09. The van der Waals surface area contributed by atoms with E-state index >= 15 is 0 Å². The van der Waals surface area contributed by atoms with E-state index < -0.39 is 11.7 Å². The van der Waals surface area contributed by atoms with Crippen molar-refractivity contribution in [3.8, 4) is 0 Å². The Morgan fingerprint density at radius 2 is 1.87 bits per heavy atom. The summed E-state index contributed by atoms with van der Waals surface area (Å²) in [7, 11) is 0. The molecule has 0 radical (unpaired) electrons. The minimum absolute atomic E-state index is 0.0919. The Kier molecular flexibility index (Phi) is 4.81. The van der Waals surface area contributed by atoms with Gasteiger partial charge in [-0.3, -0.25) is 4.79 Å². The zero-order chi connectivity index (χ0) is 16.6. The van der Waals surface area contributed by atoms with Gasteiger partial charge < -0.3 is 5.32 Å². The van der Waals surface area contributed by atoms with Crippen molar-refractivity contribution in [1.29, 1.82) is 0 Å². The lowest BCUT2D eigenvalue weighted by Crippen LogP contribution is -2.45. The second kappa shape index (κ2) is 6.68. The molecule has 1 amide bonds. The summed E-state index contributed by atoms with van der Waals surface area (Å²) in [6, 6.07) is 9.40. The fraction of sp³-hybridized carbons (Fsp3) is 0.235. The molecule has 0 aromatic heterocycles. The quantitative estimate of drug-likeness (QED) is 0.761. The Labute approximate surface area is 148 Å². The number of hydrogen-bond donors (Lipinski definition) is 1. The lowest BCUT2D eigenvalue weighted by atomic mass is 9.75. The van der Waals surface area contributed by atoms with Gasteiger partial charge in [-0.2, -0.15) is 0 Å². The highest BCUT2D eigenvalue weighted by Crippen LogP contribution is 2.41. The highest BCUT2D eigenvalue weighted by Gasteiger charge is 2.35. The average molecular weight is 373 g/mol. The van der Waals surface area contributed by atoms with Crippen LogP contribution in [0.3, 0.4) is 0 Å². The predicted octanol–water partition coefficient (Wildman–Crippen LogP) is 5.46. The number of hydrogen-bond acceptors (Lipinski definition) is 1. The SMILES string of the molecule is O=C(NC1CCC1c1ccc(Cl)cc1Cl)c1c(F)cccc1Cl. The van der Waals surface area contributed by atoms with E-state index in [1.807, 2.05) is 6.07 Å². The topological polar surface area (TPSA) is 29.1 Å². The highest BCUT2D eigenvalue weighted by molar-refractivity contribution is 6.35. The maximum Gasteiger partial charge on any atom is 0.256 e. The molecule has 2 aromatic rings. The Bertz CT molecular complexity index is 745. The minimum Gasteiger partial charge on any atom is -0.349 e. The van der Waals surface area contributed by atoms with Gasteiger partial charge in [0.25, 0.3) is 5.91 Å². The zero-order valence-electron chi connectivity index (χ0n) is 12.0. The molecule has 23 heavy (non-hydrogen) atoms. The van der Waals surface area contributed by atoms with E-state index in [0.717, 1.165) is 18.4 Å². The van der Waals surface area contributed by atoms with Gasteiger partial charge in [-0.25, -0.2) is 4.39 Å². The number of carbonyl (C=O) groups is 1. The third-order valence-corrected chi connectivity index (χ3v) is 5.02. The van der Waals surface area contributed by atoms with Crippen LogP contribution in [-0.4, -0.2) is 11.9 Å². The molecule has 1 N–H and O–H groups in total. The van der Waals surface area contributed by atoms with Crippen molar-refractivity contribution >= 4 is 40.7 Å². The van der Waals surface area contributed by atoms with Crippen LogP contribution >= 0.6 is 34.8 Å². The molecule has 3 rings (SSSR count). The molecule has 2 unspecified atom stereocenters. The van der Waals surface area contributed by atoms with Gasteiger partial charge in [0, 0.05) is 22.0 Å². The van der Waals surface area contributed by atoms with E-state index in [1.54, 1.807) is 12.1 Å². The number of benzene rings is 2. The summed E-state index contributed by atoms with van der Waals surface area (Å²) in [5.41, 5.74) is 0.814. The van der Waals surface area contributed by atoms with Gasteiger partial charge in [0.2, 0.25) is 0 Å². The smallest absolute Gasteiger partial charge is 0.256 e. The van der Waals surface area contributed by atoms with Crippen molar-refractivity contribution in [3.63, 3.8) is 0 Å². The highest BCUT2D eigenvalue weighted by atomic mass is 35.5. The number of amides is 1. The Morgan fingerprint density at radius 3 is 2.48 bits per heavy atom. The molecule has 2 atom stereocenters. The molecule has 1 aliphatic carbocycles. The van der Waals surface area contributed by atoms with E-state index in [9.17, 15) is 9.18 Å². The molecule has 1 fully saturated rings. The van der Waals surface area contributed by atoms with E-state index in [2.05, 4.69) is 5.32 Å². The van der Waals surface area contributed by atoms with Crippen LogP contribution in [0.1, 0.15) is 34.7 Å². The summed E-state index contributed by atoms with van der Waals surface area (Å²) >= 11 is 18.1. The van der Waals surface area contributed by atoms with Crippen LogP contribution in [0.25, 0.3) is 0 Å². The van der Waals surface area contributed by atoms with Crippen LogP contribution in [0.4, 0.5) is 4.39 Å². The number of nitrogens with one attached hydrogen (secondary N) is 1. The third kappa shape index (κ3) is 3.32. The average Bonchev–Trinajstić information content (AvgIpc) is 2.46. The van der Waals surface area contributed by atoms with Crippen LogP contribution in [0.5, 0.6) is 0 Å². The first kappa shape index (κ1) is 16.6. The molecule has 2 nitrogen and oxygen atoms in total.